The highest BCUT2D eigenvalue weighted by molar-refractivity contribution is 7.99. The Morgan fingerprint density at radius 2 is 1.74 bits per heavy atom. The van der Waals surface area contributed by atoms with Crippen LogP contribution in [0.3, 0.4) is 0 Å². The van der Waals surface area contributed by atoms with Gasteiger partial charge < -0.3 is 14.2 Å². The summed E-state index contributed by atoms with van der Waals surface area (Å²) in [6.07, 6.45) is 0.718. The Morgan fingerprint density at radius 1 is 0.968 bits per heavy atom. The van der Waals surface area contributed by atoms with E-state index in [1.54, 1.807) is 30.5 Å². The summed E-state index contributed by atoms with van der Waals surface area (Å²) in [7, 11) is 3.29. The van der Waals surface area contributed by atoms with Crippen LogP contribution in [-0.2, 0) is 11.3 Å². The van der Waals surface area contributed by atoms with E-state index in [1.165, 1.54) is 0 Å². The maximum absolute atomic E-state index is 13.0. The highest BCUT2D eigenvalue weighted by Crippen LogP contribution is 2.22. The molecule has 0 radical (unpaired) electrons. The minimum atomic E-state index is -0.0639. The van der Waals surface area contributed by atoms with Crippen molar-refractivity contribution < 1.29 is 14.2 Å². The van der Waals surface area contributed by atoms with Crippen molar-refractivity contribution in [1.82, 2.24) is 19.2 Å². The predicted octanol–water partition coefficient (Wildman–Crippen LogP) is 3.26. The van der Waals surface area contributed by atoms with Crippen LogP contribution in [-0.4, -0.2) is 52.4 Å². The fraction of sp³-hybridized carbons (Fsp3) is 0.318. The first-order valence-corrected chi connectivity index (χ1v) is 11.0. The number of thioether (sulfide) groups is 1. The first-order valence-electron chi connectivity index (χ1n) is 9.98. The van der Waals surface area contributed by atoms with E-state index in [9.17, 15) is 4.79 Å². The van der Waals surface area contributed by atoms with Gasteiger partial charge in [-0.2, -0.15) is 0 Å². The van der Waals surface area contributed by atoms with Crippen molar-refractivity contribution in [3.05, 3.63) is 58.9 Å². The number of benzene rings is 2. The second-order valence-corrected chi connectivity index (χ2v) is 7.87. The summed E-state index contributed by atoms with van der Waals surface area (Å²) in [6, 6.07) is 15.0. The zero-order valence-corrected chi connectivity index (χ0v) is 18.3. The van der Waals surface area contributed by atoms with Crippen molar-refractivity contribution in [2.75, 3.05) is 33.2 Å². The van der Waals surface area contributed by atoms with Gasteiger partial charge in [0.25, 0.3) is 5.56 Å². The minimum absolute atomic E-state index is 0.0639. The molecular formula is C22H24N4O4S. The maximum Gasteiger partial charge on any atom is 0.262 e. The van der Waals surface area contributed by atoms with Gasteiger partial charge in [0.05, 0.1) is 24.6 Å². The first-order chi connectivity index (χ1) is 15.2. The molecule has 0 N–H and O–H groups in total. The Kier molecular flexibility index (Phi) is 6.73. The molecule has 0 saturated heterocycles. The van der Waals surface area contributed by atoms with E-state index in [2.05, 4.69) is 10.2 Å². The summed E-state index contributed by atoms with van der Waals surface area (Å²) < 4.78 is 19.7. The number of methoxy groups -OCH3 is 2. The summed E-state index contributed by atoms with van der Waals surface area (Å²) in [6.45, 7) is 1.60. The molecule has 31 heavy (non-hydrogen) atoms. The largest absolute Gasteiger partial charge is 0.497 e. The average Bonchev–Trinajstić information content (AvgIpc) is 3.23. The number of ether oxygens (including phenoxy) is 3. The third-order valence-corrected chi connectivity index (χ3v) is 5.74. The van der Waals surface area contributed by atoms with Crippen LogP contribution in [0.5, 0.6) is 11.5 Å². The van der Waals surface area contributed by atoms with Crippen LogP contribution in [0.4, 0.5) is 0 Å². The lowest BCUT2D eigenvalue weighted by Gasteiger charge is -2.11. The molecule has 0 saturated carbocycles. The SMILES string of the molecule is COCCCn1c(=O)c2ccccc2n2c(SCCOc3ccc(OC)cc3)nnc12. The third kappa shape index (κ3) is 4.52. The molecule has 4 aromatic rings. The van der Waals surface area contributed by atoms with Crippen molar-refractivity contribution in [3.63, 3.8) is 0 Å². The molecule has 4 rings (SSSR count). The van der Waals surface area contributed by atoms with Crippen molar-refractivity contribution in [2.45, 2.75) is 18.1 Å². The standard InChI is InChI=1S/C22H24N4O4S/c1-28-13-5-12-25-20(27)18-6-3-4-7-19(18)26-21(25)23-24-22(26)31-15-14-30-17-10-8-16(29-2)9-11-17/h3-4,6-11H,5,12-15H2,1-2H3. The molecule has 0 amide bonds. The molecule has 0 bridgehead atoms. The molecule has 2 aromatic carbocycles. The molecule has 0 fully saturated rings. The monoisotopic (exact) mass is 440 g/mol. The quantitative estimate of drug-likeness (QED) is 0.277. The summed E-state index contributed by atoms with van der Waals surface area (Å²) in [5.74, 6) is 2.80. The fourth-order valence-corrected chi connectivity index (χ4v) is 4.12. The smallest absolute Gasteiger partial charge is 0.262 e. The fourth-order valence-electron chi connectivity index (χ4n) is 3.36. The molecule has 8 nitrogen and oxygen atoms in total. The van der Waals surface area contributed by atoms with Gasteiger partial charge in [-0.25, -0.2) is 0 Å². The van der Waals surface area contributed by atoms with Crippen molar-refractivity contribution in [2.24, 2.45) is 0 Å². The normalized spacial score (nSPS) is 11.3. The summed E-state index contributed by atoms with van der Waals surface area (Å²) in [5, 5.41) is 10.0. The second-order valence-electron chi connectivity index (χ2n) is 6.81. The molecule has 2 heterocycles. The van der Waals surface area contributed by atoms with E-state index in [1.807, 2.05) is 52.9 Å². The number of aromatic nitrogens is 4. The van der Waals surface area contributed by atoms with Gasteiger partial charge in [-0.1, -0.05) is 23.9 Å². The Morgan fingerprint density at radius 3 is 2.52 bits per heavy atom. The molecular weight excluding hydrogens is 416 g/mol. The number of hydrogen-bond donors (Lipinski definition) is 0. The lowest BCUT2D eigenvalue weighted by atomic mass is 10.2. The first kappa shape index (κ1) is 21.2. The Bertz CT molecular complexity index is 1220. The number of aryl methyl sites for hydroxylation is 1. The van der Waals surface area contributed by atoms with Crippen LogP contribution in [0.1, 0.15) is 6.42 Å². The number of para-hydroxylation sites is 1. The average molecular weight is 441 g/mol. The number of nitrogens with zero attached hydrogens (tertiary/aromatic N) is 4. The van der Waals surface area contributed by atoms with E-state index in [-0.39, 0.29) is 5.56 Å². The summed E-state index contributed by atoms with van der Waals surface area (Å²) in [4.78, 5) is 13.0. The lowest BCUT2D eigenvalue weighted by molar-refractivity contribution is 0.190. The predicted molar refractivity (Wildman–Crippen MR) is 120 cm³/mol. The van der Waals surface area contributed by atoms with Gasteiger partial charge >= 0.3 is 0 Å². The van der Waals surface area contributed by atoms with Gasteiger partial charge in [0, 0.05) is 26.0 Å². The van der Waals surface area contributed by atoms with Crippen LogP contribution in [0.2, 0.25) is 0 Å². The van der Waals surface area contributed by atoms with E-state index in [0.717, 1.165) is 28.6 Å². The van der Waals surface area contributed by atoms with Gasteiger partial charge in [-0.05, 0) is 42.8 Å². The highest BCUT2D eigenvalue weighted by Gasteiger charge is 2.16. The molecule has 2 aromatic heterocycles. The maximum atomic E-state index is 13.0. The molecule has 9 heteroatoms. The molecule has 0 aliphatic carbocycles. The molecule has 0 atom stereocenters. The van der Waals surface area contributed by atoms with E-state index >= 15 is 0 Å². The Hall–Kier alpha value is -3.04. The lowest BCUT2D eigenvalue weighted by Crippen LogP contribution is -2.24. The van der Waals surface area contributed by atoms with E-state index in [4.69, 9.17) is 14.2 Å². The van der Waals surface area contributed by atoms with Gasteiger partial charge in [0.15, 0.2) is 5.16 Å². The number of fused-ring (bicyclic) bond motifs is 3. The van der Waals surface area contributed by atoms with Crippen LogP contribution >= 0.6 is 11.8 Å². The second kappa shape index (κ2) is 9.84. The van der Waals surface area contributed by atoms with Crippen molar-refractivity contribution >= 4 is 28.4 Å². The van der Waals surface area contributed by atoms with Crippen LogP contribution in [0.15, 0.2) is 58.5 Å². The van der Waals surface area contributed by atoms with Gasteiger partial charge in [-0.3, -0.25) is 13.8 Å². The number of hydrogen-bond acceptors (Lipinski definition) is 7. The van der Waals surface area contributed by atoms with E-state index < -0.39 is 0 Å². The van der Waals surface area contributed by atoms with Crippen LogP contribution in [0, 0.1) is 0 Å². The summed E-state index contributed by atoms with van der Waals surface area (Å²) in [5.41, 5.74) is 0.736. The minimum Gasteiger partial charge on any atom is -0.497 e. The Labute approximate surface area is 183 Å². The zero-order valence-electron chi connectivity index (χ0n) is 17.5. The van der Waals surface area contributed by atoms with Gasteiger partial charge in [0.1, 0.15) is 11.5 Å². The van der Waals surface area contributed by atoms with Crippen LogP contribution < -0.4 is 15.0 Å². The van der Waals surface area contributed by atoms with Crippen molar-refractivity contribution in [3.8, 4) is 11.5 Å². The Balaban J connectivity index is 1.56. The van der Waals surface area contributed by atoms with Crippen LogP contribution in [0.25, 0.3) is 16.7 Å². The highest BCUT2D eigenvalue weighted by atomic mass is 32.2. The zero-order chi connectivity index (χ0) is 21.6. The molecule has 0 aliphatic heterocycles. The molecule has 0 spiro atoms. The van der Waals surface area contributed by atoms with Gasteiger partial charge in [-0.15, -0.1) is 10.2 Å². The van der Waals surface area contributed by atoms with E-state index in [0.29, 0.717) is 36.7 Å². The third-order valence-electron chi connectivity index (χ3n) is 4.85. The molecule has 162 valence electrons. The molecule has 0 unspecified atom stereocenters. The van der Waals surface area contributed by atoms with Gasteiger partial charge in [0.2, 0.25) is 5.78 Å². The summed E-state index contributed by atoms with van der Waals surface area (Å²) >= 11 is 1.54. The number of rotatable bonds is 10. The molecule has 0 aliphatic rings. The topological polar surface area (TPSA) is 79.9 Å². The van der Waals surface area contributed by atoms with Crippen molar-refractivity contribution in [1.29, 1.82) is 0 Å².